The van der Waals surface area contributed by atoms with Crippen molar-refractivity contribution in [2.45, 2.75) is 45.1 Å². The molecule has 3 aliphatic rings. The van der Waals surface area contributed by atoms with Crippen LogP contribution in [0.3, 0.4) is 0 Å². The number of carbonyl (C=O) groups excluding carboxylic acids is 2. The molecule has 2 amide bonds. The van der Waals surface area contributed by atoms with Crippen molar-refractivity contribution in [2.24, 2.45) is 5.92 Å². The van der Waals surface area contributed by atoms with Crippen LogP contribution in [-0.2, 0) is 9.59 Å². The molecule has 24 heavy (non-hydrogen) atoms. The van der Waals surface area contributed by atoms with E-state index in [9.17, 15) is 9.59 Å². The summed E-state index contributed by atoms with van der Waals surface area (Å²) in [4.78, 5) is 31.6. The van der Waals surface area contributed by atoms with E-state index in [1.807, 2.05) is 23.6 Å². The Labute approximate surface area is 150 Å². The number of piperazine rings is 1. The molecule has 2 saturated heterocycles. The van der Waals surface area contributed by atoms with Crippen LogP contribution in [0.5, 0.6) is 0 Å². The zero-order chi connectivity index (χ0) is 16.9. The summed E-state index contributed by atoms with van der Waals surface area (Å²) in [6, 6.07) is 0.0504. The minimum Gasteiger partial charge on any atom is -0.340 e. The Morgan fingerprint density at radius 1 is 0.958 bits per heavy atom. The van der Waals surface area contributed by atoms with Crippen molar-refractivity contribution in [3.63, 3.8) is 0 Å². The molecule has 0 unspecified atom stereocenters. The van der Waals surface area contributed by atoms with Crippen molar-refractivity contribution in [1.82, 2.24) is 14.7 Å². The lowest BCUT2D eigenvalue weighted by atomic mass is 9.94. The summed E-state index contributed by atoms with van der Waals surface area (Å²) in [7, 11) is 0. The first-order chi connectivity index (χ1) is 11.7. The summed E-state index contributed by atoms with van der Waals surface area (Å²) in [6.07, 6.45) is 5.48. The van der Waals surface area contributed by atoms with Gasteiger partial charge in [0, 0.05) is 57.2 Å². The van der Waals surface area contributed by atoms with Gasteiger partial charge in [0.05, 0.1) is 6.04 Å². The molecule has 0 bridgehead atoms. The van der Waals surface area contributed by atoms with Crippen LogP contribution in [0.4, 0.5) is 0 Å². The van der Waals surface area contributed by atoms with Crippen molar-refractivity contribution in [1.29, 1.82) is 0 Å². The predicted octanol–water partition coefficient (Wildman–Crippen LogP) is 1.67. The van der Waals surface area contributed by atoms with Crippen LogP contribution in [0, 0.1) is 5.92 Å². The Balaban J connectivity index is 1.66. The molecule has 5 nitrogen and oxygen atoms in total. The predicted molar refractivity (Wildman–Crippen MR) is 98.1 cm³/mol. The lowest BCUT2D eigenvalue weighted by Crippen LogP contribution is -2.59. The summed E-state index contributed by atoms with van der Waals surface area (Å²) in [6.45, 7) is 6.98. The van der Waals surface area contributed by atoms with E-state index in [1.54, 1.807) is 0 Å². The number of thioether (sulfide) groups is 1. The SMILES string of the molecule is CCC(=O)N1CCN([C@H](C(=O)N2CCSCC2)C2CCCC2)CC1. The van der Waals surface area contributed by atoms with Crippen LogP contribution < -0.4 is 0 Å². The summed E-state index contributed by atoms with van der Waals surface area (Å²) in [5.74, 6) is 3.26. The zero-order valence-corrected chi connectivity index (χ0v) is 15.7. The Kier molecular flexibility index (Phi) is 6.44. The molecule has 136 valence electrons. The van der Waals surface area contributed by atoms with E-state index in [4.69, 9.17) is 0 Å². The second-order valence-electron chi connectivity index (χ2n) is 7.20. The molecule has 1 saturated carbocycles. The highest BCUT2D eigenvalue weighted by Gasteiger charge is 2.39. The first-order valence-electron chi connectivity index (χ1n) is 9.59. The molecule has 2 aliphatic heterocycles. The van der Waals surface area contributed by atoms with Gasteiger partial charge in [0.15, 0.2) is 0 Å². The molecule has 0 N–H and O–H groups in total. The lowest BCUT2D eigenvalue weighted by Gasteiger charge is -2.43. The van der Waals surface area contributed by atoms with Crippen LogP contribution >= 0.6 is 11.8 Å². The van der Waals surface area contributed by atoms with E-state index >= 15 is 0 Å². The van der Waals surface area contributed by atoms with Crippen molar-refractivity contribution in [3.8, 4) is 0 Å². The third kappa shape index (κ3) is 4.07. The second-order valence-corrected chi connectivity index (χ2v) is 8.42. The second kappa shape index (κ2) is 8.56. The lowest BCUT2D eigenvalue weighted by molar-refractivity contribution is -0.141. The third-order valence-corrected chi connectivity index (χ3v) is 6.73. The first-order valence-corrected chi connectivity index (χ1v) is 10.7. The maximum absolute atomic E-state index is 13.3. The zero-order valence-electron chi connectivity index (χ0n) is 14.9. The molecule has 0 aromatic carbocycles. The number of hydrogen-bond acceptors (Lipinski definition) is 4. The summed E-state index contributed by atoms with van der Waals surface area (Å²) >= 11 is 1.95. The molecule has 1 atom stereocenters. The molecule has 2 heterocycles. The maximum Gasteiger partial charge on any atom is 0.240 e. The summed E-state index contributed by atoms with van der Waals surface area (Å²) in [5.41, 5.74) is 0. The molecule has 0 radical (unpaired) electrons. The van der Waals surface area contributed by atoms with Crippen molar-refractivity contribution < 1.29 is 9.59 Å². The summed E-state index contributed by atoms with van der Waals surface area (Å²) < 4.78 is 0. The highest BCUT2D eigenvalue weighted by Crippen LogP contribution is 2.32. The van der Waals surface area contributed by atoms with Crippen molar-refractivity contribution in [2.75, 3.05) is 50.8 Å². The fourth-order valence-electron chi connectivity index (χ4n) is 4.37. The Morgan fingerprint density at radius 2 is 1.58 bits per heavy atom. The highest BCUT2D eigenvalue weighted by atomic mass is 32.2. The smallest absolute Gasteiger partial charge is 0.240 e. The molecule has 6 heteroatoms. The van der Waals surface area contributed by atoms with Gasteiger partial charge in [0.25, 0.3) is 0 Å². The van der Waals surface area contributed by atoms with Gasteiger partial charge in [0.1, 0.15) is 0 Å². The third-order valence-electron chi connectivity index (χ3n) is 5.78. The largest absolute Gasteiger partial charge is 0.340 e. The van der Waals surface area contributed by atoms with E-state index in [0.29, 0.717) is 18.2 Å². The van der Waals surface area contributed by atoms with E-state index in [2.05, 4.69) is 9.80 Å². The number of amides is 2. The maximum atomic E-state index is 13.3. The standard InChI is InChI=1S/C18H31N3O2S/c1-2-16(22)19-7-9-20(10-8-19)17(15-5-3-4-6-15)18(23)21-11-13-24-14-12-21/h15,17H,2-14H2,1H3/t17-/m0/s1. The number of hydrogen-bond donors (Lipinski definition) is 0. The molecule has 3 rings (SSSR count). The number of nitrogens with zero attached hydrogens (tertiary/aromatic N) is 3. The van der Waals surface area contributed by atoms with Gasteiger partial charge in [0.2, 0.25) is 11.8 Å². The number of rotatable bonds is 4. The Bertz CT molecular complexity index is 440. The van der Waals surface area contributed by atoms with Crippen LogP contribution in [0.2, 0.25) is 0 Å². The van der Waals surface area contributed by atoms with Crippen molar-refractivity contribution in [3.05, 3.63) is 0 Å². The minimum absolute atomic E-state index is 0.0504. The normalized spacial score (nSPS) is 25.0. The average molecular weight is 354 g/mol. The van der Waals surface area contributed by atoms with Gasteiger partial charge < -0.3 is 9.80 Å². The van der Waals surface area contributed by atoms with Crippen LogP contribution in [0.25, 0.3) is 0 Å². The fraction of sp³-hybridized carbons (Fsp3) is 0.889. The molecule has 3 fully saturated rings. The van der Waals surface area contributed by atoms with E-state index in [-0.39, 0.29) is 11.9 Å². The highest BCUT2D eigenvalue weighted by molar-refractivity contribution is 7.99. The van der Waals surface area contributed by atoms with Crippen LogP contribution in [0.15, 0.2) is 0 Å². The minimum atomic E-state index is 0.0504. The fourth-order valence-corrected chi connectivity index (χ4v) is 5.28. The Hall–Kier alpha value is -0.750. The molecule has 0 aromatic rings. The van der Waals surface area contributed by atoms with Gasteiger partial charge in [-0.3, -0.25) is 14.5 Å². The molecule has 1 aliphatic carbocycles. The van der Waals surface area contributed by atoms with Gasteiger partial charge in [-0.25, -0.2) is 0 Å². The molecule has 0 aromatic heterocycles. The Morgan fingerprint density at radius 3 is 2.17 bits per heavy atom. The van der Waals surface area contributed by atoms with Gasteiger partial charge in [-0.15, -0.1) is 0 Å². The molecular formula is C18H31N3O2S. The number of carbonyl (C=O) groups is 2. The van der Waals surface area contributed by atoms with Gasteiger partial charge >= 0.3 is 0 Å². The van der Waals surface area contributed by atoms with Gasteiger partial charge in [-0.1, -0.05) is 19.8 Å². The quantitative estimate of drug-likeness (QED) is 0.771. The van der Waals surface area contributed by atoms with Crippen LogP contribution in [0.1, 0.15) is 39.0 Å². The van der Waals surface area contributed by atoms with E-state index < -0.39 is 0 Å². The summed E-state index contributed by atoms with van der Waals surface area (Å²) in [5, 5.41) is 0. The van der Waals surface area contributed by atoms with Crippen molar-refractivity contribution >= 4 is 23.6 Å². The van der Waals surface area contributed by atoms with Gasteiger partial charge in [-0.05, 0) is 18.8 Å². The average Bonchev–Trinajstić information content (AvgIpc) is 3.16. The van der Waals surface area contributed by atoms with Gasteiger partial charge in [-0.2, -0.15) is 11.8 Å². The van der Waals surface area contributed by atoms with Crippen LogP contribution in [-0.4, -0.2) is 83.3 Å². The molecular weight excluding hydrogens is 322 g/mol. The monoisotopic (exact) mass is 353 g/mol. The molecule has 0 spiro atoms. The topological polar surface area (TPSA) is 43.9 Å². The van der Waals surface area contributed by atoms with E-state index in [0.717, 1.165) is 50.8 Å². The first kappa shape index (κ1) is 18.1. The van der Waals surface area contributed by atoms with E-state index in [1.165, 1.54) is 25.7 Å².